The zero-order valence-corrected chi connectivity index (χ0v) is 8.77. The summed E-state index contributed by atoms with van der Waals surface area (Å²) < 4.78 is 15.3. The number of nitrogens with one attached hydrogen (secondary N) is 1. The molecule has 0 aromatic carbocycles. The summed E-state index contributed by atoms with van der Waals surface area (Å²) in [5.74, 6) is -0.374. The van der Waals surface area contributed by atoms with E-state index in [0.717, 1.165) is 10.9 Å². The number of nitrogens with zero attached hydrogens (tertiary/aromatic N) is 3. The summed E-state index contributed by atoms with van der Waals surface area (Å²) in [6, 6.07) is 1.80. The van der Waals surface area contributed by atoms with Gasteiger partial charge in [0.1, 0.15) is 0 Å². The third-order valence-electron chi connectivity index (χ3n) is 2.22. The summed E-state index contributed by atoms with van der Waals surface area (Å²) in [5, 5.41) is 5.29. The molecule has 0 radical (unpaired) electrons. The van der Waals surface area contributed by atoms with Crippen LogP contribution >= 0.6 is 0 Å². The topological polar surface area (TPSA) is 76.9 Å². The van der Waals surface area contributed by atoms with Crippen LogP contribution in [0.25, 0.3) is 15.9 Å². The standard InChI is InChI=1S/C9H6N4O2S/c14-8-3-9(16(15)12-8)13-7-5-10-2-1-6(7)4-11-13/h1-5H,(H,12,14). The summed E-state index contributed by atoms with van der Waals surface area (Å²) in [4.78, 5) is 15.0. The average Bonchev–Trinajstić information content (AvgIpc) is 2.81. The maximum absolute atomic E-state index is 11.6. The summed E-state index contributed by atoms with van der Waals surface area (Å²) >= 11 is 0. The second kappa shape index (κ2) is 3.24. The molecule has 0 bridgehead atoms. The summed E-state index contributed by atoms with van der Waals surface area (Å²) in [5.41, 5.74) is 0.721. The molecule has 0 saturated carbocycles. The largest absolute Gasteiger partial charge is 0.269 e. The Morgan fingerprint density at radius 3 is 3.00 bits per heavy atom. The second-order valence-corrected chi connectivity index (χ2v) is 4.37. The number of pyridine rings is 1. The van der Waals surface area contributed by atoms with Gasteiger partial charge in [0.25, 0.3) is 5.91 Å². The number of aromatic nitrogens is 3. The second-order valence-electron chi connectivity index (χ2n) is 3.21. The van der Waals surface area contributed by atoms with Gasteiger partial charge in [-0.3, -0.25) is 14.5 Å². The van der Waals surface area contributed by atoms with Crippen LogP contribution in [0.5, 0.6) is 0 Å². The molecule has 2 aromatic heterocycles. The maximum atomic E-state index is 11.6. The Labute approximate surface area is 92.6 Å². The molecule has 1 N–H and O–H groups in total. The number of carbonyl (C=O) groups excluding carboxylic acids is 1. The molecule has 1 aliphatic rings. The Bertz CT molecular complexity index is 646. The van der Waals surface area contributed by atoms with Crippen molar-refractivity contribution in [2.75, 3.05) is 0 Å². The van der Waals surface area contributed by atoms with Gasteiger partial charge in [-0.25, -0.2) is 8.89 Å². The van der Waals surface area contributed by atoms with E-state index in [1.165, 1.54) is 10.8 Å². The van der Waals surface area contributed by atoms with Crippen molar-refractivity contribution in [1.82, 2.24) is 19.5 Å². The lowest BCUT2D eigenvalue weighted by Crippen LogP contribution is -2.17. The number of carbonyl (C=O) groups is 1. The highest BCUT2D eigenvalue weighted by Crippen LogP contribution is 2.19. The van der Waals surface area contributed by atoms with Gasteiger partial charge in [0.15, 0.2) is 16.0 Å². The molecule has 16 heavy (non-hydrogen) atoms. The van der Waals surface area contributed by atoms with Crippen molar-refractivity contribution in [3.05, 3.63) is 30.7 Å². The Morgan fingerprint density at radius 2 is 2.25 bits per heavy atom. The van der Waals surface area contributed by atoms with E-state index < -0.39 is 11.0 Å². The first-order valence-electron chi connectivity index (χ1n) is 4.48. The Kier molecular flexibility index (Phi) is 1.87. The van der Waals surface area contributed by atoms with Gasteiger partial charge in [-0.15, -0.1) is 0 Å². The highest BCUT2D eigenvalue weighted by Gasteiger charge is 2.22. The smallest absolute Gasteiger partial charge is 0.258 e. The SMILES string of the molecule is O=C1C=C(n2ncc3ccncc32)S(=O)N1. The minimum absolute atomic E-state index is 0.327. The molecule has 3 heterocycles. The van der Waals surface area contributed by atoms with Gasteiger partial charge in [0.05, 0.1) is 17.9 Å². The Balaban J connectivity index is 2.24. The fourth-order valence-corrected chi connectivity index (χ4v) is 2.38. The predicted molar refractivity (Wildman–Crippen MR) is 58.1 cm³/mol. The van der Waals surface area contributed by atoms with Crippen molar-refractivity contribution < 1.29 is 9.00 Å². The Hall–Kier alpha value is -2.02. The van der Waals surface area contributed by atoms with Crippen molar-refractivity contribution in [2.45, 2.75) is 0 Å². The molecule has 7 heteroatoms. The molecule has 2 aromatic rings. The lowest BCUT2D eigenvalue weighted by Gasteiger charge is -2.01. The average molecular weight is 234 g/mol. The molecular formula is C9H6N4O2S. The van der Waals surface area contributed by atoms with Crippen molar-refractivity contribution in [3.63, 3.8) is 0 Å². The van der Waals surface area contributed by atoms with Gasteiger partial charge in [-0.1, -0.05) is 0 Å². The minimum atomic E-state index is -1.54. The van der Waals surface area contributed by atoms with E-state index in [-0.39, 0.29) is 5.91 Å². The van der Waals surface area contributed by atoms with Gasteiger partial charge in [-0.05, 0) is 6.07 Å². The van der Waals surface area contributed by atoms with E-state index in [4.69, 9.17) is 0 Å². The summed E-state index contributed by atoms with van der Waals surface area (Å²) in [6.07, 6.45) is 6.17. The van der Waals surface area contributed by atoms with Crippen LogP contribution in [-0.4, -0.2) is 24.9 Å². The summed E-state index contributed by atoms with van der Waals surface area (Å²) in [7, 11) is -1.54. The van der Waals surface area contributed by atoms with Crippen molar-refractivity contribution in [3.8, 4) is 0 Å². The zero-order chi connectivity index (χ0) is 11.1. The molecule has 6 nitrogen and oxygen atoms in total. The number of hydrogen-bond donors (Lipinski definition) is 1. The third kappa shape index (κ3) is 1.25. The first kappa shape index (κ1) is 9.22. The molecular weight excluding hydrogens is 228 g/mol. The normalized spacial score (nSPS) is 19.9. The van der Waals surface area contributed by atoms with E-state index in [0.29, 0.717) is 5.03 Å². The maximum Gasteiger partial charge on any atom is 0.258 e. The molecule has 0 spiro atoms. The van der Waals surface area contributed by atoms with E-state index in [2.05, 4.69) is 14.8 Å². The van der Waals surface area contributed by atoms with Gasteiger partial charge in [0.2, 0.25) is 0 Å². The lowest BCUT2D eigenvalue weighted by atomic mass is 10.3. The van der Waals surface area contributed by atoms with Gasteiger partial charge >= 0.3 is 0 Å². The first-order chi connectivity index (χ1) is 7.75. The zero-order valence-electron chi connectivity index (χ0n) is 7.95. The van der Waals surface area contributed by atoms with Gasteiger partial charge in [-0.2, -0.15) is 5.10 Å². The molecule has 1 unspecified atom stereocenters. The monoisotopic (exact) mass is 234 g/mol. The number of amides is 1. The highest BCUT2D eigenvalue weighted by atomic mass is 32.2. The first-order valence-corrected chi connectivity index (χ1v) is 5.63. The van der Waals surface area contributed by atoms with Crippen LogP contribution in [0.1, 0.15) is 0 Å². The van der Waals surface area contributed by atoms with E-state index in [1.54, 1.807) is 24.7 Å². The van der Waals surface area contributed by atoms with Gasteiger partial charge in [0, 0.05) is 17.7 Å². The molecule has 1 atom stereocenters. The number of fused-ring (bicyclic) bond motifs is 1. The van der Waals surface area contributed by atoms with Crippen LogP contribution in [0, 0.1) is 0 Å². The number of hydrogen-bond acceptors (Lipinski definition) is 4. The Morgan fingerprint density at radius 1 is 1.38 bits per heavy atom. The van der Waals surface area contributed by atoms with Crippen molar-refractivity contribution >= 4 is 32.8 Å². The molecule has 0 fully saturated rings. The molecule has 1 amide bonds. The predicted octanol–water partition coefficient (Wildman–Crippen LogP) is 0.0232. The molecule has 3 rings (SSSR count). The lowest BCUT2D eigenvalue weighted by molar-refractivity contribution is -0.114. The highest BCUT2D eigenvalue weighted by molar-refractivity contribution is 7.93. The van der Waals surface area contributed by atoms with Crippen LogP contribution in [0.4, 0.5) is 0 Å². The van der Waals surface area contributed by atoms with Crippen LogP contribution in [-0.2, 0) is 15.8 Å². The van der Waals surface area contributed by atoms with Crippen LogP contribution in [0.15, 0.2) is 30.7 Å². The van der Waals surface area contributed by atoms with Crippen molar-refractivity contribution in [2.24, 2.45) is 0 Å². The van der Waals surface area contributed by atoms with E-state index >= 15 is 0 Å². The van der Waals surface area contributed by atoms with Crippen LogP contribution in [0.2, 0.25) is 0 Å². The van der Waals surface area contributed by atoms with Crippen molar-refractivity contribution in [1.29, 1.82) is 0 Å². The molecule has 0 aliphatic carbocycles. The molecule has 0 saturated heterocycles. The minimum Gasteiger partial charge on any atom is -0.269 e. The quantitative estimate of drug-likeness (QED) is 0.754. The summed E-state index contributed by atoms with van der Waals surface area (Å²) in [6.45, 7) is 0. The molecule has 1 aliphatic heterocycles. The van der Waals surface area contributed by atoms with Crippen LogP contribution < -0.4 is 4.72 Å². The third-order valence-corrected chi connectivity index (χ3v) is 3.28. The van der Waals surface area contributed by atoms with E-state index in [1.807, 2.05) is 0 Å². The number of rotatable bonds is 1. The van der Waals surface area contributed by atoms with E-state index in [9.17, 15) is 9.00 Å². The van der Waals surface area contributed by atoms with Crippen LogP contribution in [0.3, 0.4) is 0 Å². The fourth-order valence-electron chi connectivity index (χ4n) is 1.52. The molecule has 80 valence electrons. The fraction of sp³-hybridized carbons (Fsp3) is 0. The van der Waals surface area contributed by atoms with Gasteiger partial charge < -0.3 is 0 Å².